The Morgan fingerprint density at radius 3 is 1.86 bits per heavy atom. The summed E-state index contributed by atoms with van der Waals surface area (Å²) >= 11 is 0. The van der Waals surface area contributed by atoms with E-state index in [1.165, 1.54) is 12.1 Å². The van der Waals surface area contributed by atoms with Crippen LogP contribution in [0.4, 0.5) is 0 Å². The summed E-state index contributed by atoms with van der Waals surface area (Å²) in [6.07, 6.45) is 0. The van der Waals surface area contributed by atoms with Crippen LogP contribution >= 0.6 is 0 Å². The molecule has 0 saturated heterocycles. The third-order valence-electron chi connectivity index (χ3n) is 3.46. The first-order valence-electron chi connectivity index (χ1n) is 5.92. The first-order chi connectivity index (χ1) is 9.43. The first-order valence-corrected chi connectivity index (χ1v) is 8.80. The van der Waals surface area contributed by atoms with E-state index in [2.05, 4.69) is 0 Å². The van der Waals surface area contributed by atoms with Crippen molar-refractivity contribution in [2.24, 2.45) is 0 Å². The smallest absolute Gasteiger partial charge is 0.282 e. The van der Waals surface area contributed by atoms with Gasteiger partial charge >= 0.3 is 0 Å². The second-order valence-corrected chi connectivity index (χ2v) is 7.74. The second-order valence-electron chi connectivity index (χ2n) is 4.93. The van der Waals surface area contributed by atoms with E-state index in [1.54, 1.807) is 20.8 Å². The Morgan fingerprint density at radius 1 is 0.810 bits per heavy atom. The molecule has 0 aromatic heterocycles. The Balaban J connectivity index is 3.14. The molecule has 21 heavy (non-hydrogen) atoms. The monoisotopic (exact) mass is 330 g/mol. The molecule has 8 heteroatoms. The quantitative estimate of drug-likeness (QED) is 0.818. The van der Waals surface area contributed by atoms with Crippen LogP contribution < -0.4 is 0 Å². The highest BCUT2D eigenvalue weighted by Gasteiger charge is 2.21. The third-order valence-corrected chi connectivity index (χ3v) is 5.19. The Bertz CT molecular complexity index is 956. The molecule has 2 aromatic rings. The molecule has 2 N–H and O–H groups in total. The predicted octanol–water partition coefficient (Wildman–Crippen LogP) is 2.26. The van der Waals surface area contributed by atoms with Crippen molar-refractivity contribution in [1.82, 2.24) is 0 Å². The van der Waals surface area contributed by atoms with Gasteiger partial charge in [0.1, 0.15) is 4.90 Å². The molecular formula is C13H14O6S2. The summed E-state index contributed by atoms with van der Waals surface area (Å²) in [6, 6.07) is 3.59. The van der Waals surface area contributed by atoms with Gasteiger partial charge in [-0.25, -0.2) is 0 Å². The maximum absolute atomic E-state index is 11.5. The van der Waals surface area contributed by atoms with Crippen LogP contribution in [0.25, 0.3) is 10.8 Å². The molecular weight excluding hydrogens is 316 g/mol. The van der Waals surface area contributed by atoms with E-state index in [1.807, 2.05) is 0 Å². The molecule has 0 aliphatic carbocycles. The number of rotatable bonds is 2. The second kappa shape index (κ2) is 4.77. The zero-order valence-electron chi connectivity index (χ0n) is 11.6. The van der Waals surface area contributed by atoms with Crippen molar-refractivity contribution in [3.8, 4) is 0 Å². The van der Waals surface area contributed by atoms with Gasteiger partial charge < -0.3 is 0 Å². The molecule has 0 amide bonds. The Labute approximate surface area is 122 Å². The molecule has 0 unspecified atom stereocenters. The number of aryl methyl sites for hydroxylation is 3. The summed E-state index contributed by atoms with van der Waals surface area (Å²) in [7, 11) is -9.00. The van der Waals surface area contributed by atoms with E-state index < -0.39 is 25.1 Å². The zero-order chi connectivity index (χ0) is 16.2. The molecule has 0 saturated carbocycles. The largest absolute Gasteiger partial charge is 0.295 e. The molecule has 0 heterocycles. The van der Waals surface area contributed by atoms with Gasteiger partial charge in [-0.15, -0.1) is 0 Å². The van der Waals surface area contributed by atoms with Crippen molar-refractivity contribution in [3.63, 3.8) is 0 Å². The summed E-state index contributed by atoms with van der Waals surface area (Å²) in [6.45, 7) is 5.07. The van der Waals surface area contributed by atoms with Gasteiger partial charge in [0.2, 0.25) is 0 Å². The molecule has 0 spiro atoms. The molecule has 0 radical (unpaired) electrons. The fourth-order valence-electron chi connectivity index (χ4n) is 2.39. The Morgan fingerprint density at radius 2 is 1.38 bits per heavy atom. The van der Waals surface area contributed by atoms with Gasteiger partial charge in [-0.1, -0.05) is 0 Å². The van der Waals surface area contributed by atoms with Gasteiger partial charge in [0.05, 0.1) is 4.90 Å². The third kappa shape index (κ3) is 2.80. The molecule has 0 atom stereocenters. The van der Waals surface area contributed by atoms with E-state index >= 15 is 0 Å². The van der Waals surface area contributed by atoms with Gasteiger partial charge in [0.15, 0.2) is 0 Å². The average molecular weight is 330 g/mol. The van der Waals surface area contributed by atoms with E-state index in [0.717, 1.165) is 11.6 Å². The standard InChI is InChI=1S/C13H14O6S2/c1-7-5-12(21(17,18)19)11-6-10(20(14,15)16)4-8(2)13(11)9(7)3/h4-6H,1-3H3,(H,14,15,16)(H,17,18,19). The highest BCUT2D eigenvalue weighted by atomic mass is 32.2. The lowest BCUT2D eigenvalue weighted by Gasteiger charge is -2.13. The first kappa shape index (κ1) is 15.9. The highest BCUT2D eigenvalue weighted by Crippen LogP contribution is 2.33. The average Bonchev–Trinajstić information content (AvgIpc) is 2.30. The van der Waals surface area contributed by atoms with Crippen molar-refractivity contribution in [3.05, 3.63) is 34.9 Å². The zero-order valence-corrected chi connectivity index (χ0v) is 13.2. The number of benzene rings is 2. The maximum Gasteiger partial charge on any atom is 0.295 e. The van der Waals surface area contributed by atoms with Gasteiger partial charge in [0.25, 0.3) is 20.2 Å². The Hall–Kier alpha value is -1.48. The molecule has 2 rings (SSSR count). The summed E-state index contributed by atoms with van der Waals surface area (Å²) in [4.78, 5) is -0.796. The van der Waals surface area contributed by atoms with Crippen molar-refractivity contribution in [2.75, 3.05) is 0 Å². The minimum atomic E-state index is -4.52. The lowest BCUT2D eigenvalue weighted by Crippen LogP contribution is -2.05. The minimum absolute atomic E-state index is 0.0632. The number of hydrogen-bond donors (Lipinski definition) is 2. The topological polar surface area (TPSA) is 109 Å². The molecule has 0 fully saturated rings. The lowest BCUT2D eigenvalue weighted by molar-refractivity contribution is 0.480. The van der Waals surface area contributed by atoms with E-state index in [9.17, 15) is 21.4 Å². The summed E-state index contributed by atoms with van der Waals surface area (Å²) in [5, 5.41) is 0.600. The van der Waals surface area contributed by atoms with Gasteiger partial charge in [-0.3, -0.25) is 9.11 Å². The van der Waals surface area contributed by atoms with Gasteiger partial charge in [-0.05, 0) is 61.0 Å². The van der Waals surface area contributed by atoms with Crippen LogP contribution in [0.1, 0.15) is 16.7 Å². The molecule has 0 bridgehead atoms. The van der Waals surface area contributed by atoms with Crippen LogP contribution in [0.15, 0.2) is 28.0 Å². The van der Waals surface area contributed by atoms with Crippen molar-refractivity contribution in [2.45, 2.75) is 30.6 Å². The molecule has 0 aliphatic heterocycles. The summed E-state index contributed by atoms with van der Waals surface area (Å²) < 4.78 is 64.1. The normalized spacial score (nSPS) is 12.8. The van der Waals surface area contributed by atoms with E-state index in [0.29, 0.717) is 16.5 Å². The van der Waals surface area contributed by atoms with E-state index in [4.69, 9.17) is 4.55 Å². The molecule has 0 aliphatic rings. The van der Waals surface area contributed by atoms with Crippen LogP contribution in [0.2, 0.25) is 0 Å². The number of hydrogen-bond acceptors (Lipinski definition) is 4. The molecule has 114 valence electrons. The lowest BCUT2D eigenvalue weighted by atomic mass is 9.97. The Kier molecular flexibility index (Phi) is 3.61. The maximum atomic E-state index is 11.5. The molecule has 2 aromatic carbocycles. The van der Waals surface area contributed by atoms with Crippen LogP contribution in [-0.4, -0.2) is 25.9 Å². The fraction of sp³-hybridized carbons (Fsp3) is 0.231. The van der Waals surface area contributed by atoms with Crippen LogP contribution in [0.5, 0.6) is 0 Å². The van der Waals surface area contributed by atoms with Gasteiger partial charge in [-0.2, -0.15) is 16.8 Å². The molecule has 6 nitrogen and oxygen atoms in total. The van der Waals surface area contributed by atoms with Crippen LogP contribution in [0.3, 0.4) is 0 Å². The van der Waals surface area contributed by atoms with Crippen molar-refractivity contribution >= 4 is 31.0 Å². The SMILES string of the molecule is Cc1cc(S(=O)(=O)O)c2cc(S(=O)(=O)O)cc(C)c2c1C. The van der Waals surface area contributed by atoms with Crippen molar-refractivity contribution in [1.29, 1.82) is 0 Å². The van der Waals surface area contributed by atoms with Gasteiger partial charge in [0, 0.05) is 5.39 Å². The summed E-state index contributed by atoms with van der Waals surface area (Å²) in [5.74, 6) is 0. The summed E-state index contributed by atoms with van der Waals surface area (Å²) in [5.41, 5.74) is 1.92. The van der Waals surface area contributed by atoms with Crippen LogP contribution in [-0.2, 0) is 20.2 Å². The van der Waals surface area contributed by atoms with E-state index in [-0.39, 0.29) is 10.3 Å². The predicted molar refractivity (Wildman–Crippen MR) is 77.8 cm³/mol. The van der Waals surface area contributed by atoms with Crippen LogP contribution in [0, 0.1) is 20.8 Å². The highest BCUT2D eigenvalue weighted by molar-refractivity contribution is 7.86. The minimum Gasteiger partial charge on any atom is -0.282 e. The number of fused-ring (bicyclic) bond motifs is 1. The van der Waals surface area contributed by atoms with Crippen molar-refractivity contribution < 1.29 is 25.9 Å². The fourth-order valence-corrected chi connectivity index (χ4v) is 3.75.